The van der Waals surface area contributed by atoms with Crippen LogP contribution >= 0.6 is 24.0 Å². The highest BCUT2D eigenvalue weighted by Crippen LogP contribution is 2.46. The summed E-state index contributed by atoms with van der Waals surface area (Å²) >= 11 is 0. The third-order valence-electron chi connectivity index (χ3n) is 6.30. The van der Waals surface area contributed by atoms with Gasteiger partial charge < -0.3 is 10.2 Å². The number of nitrogens with one attached hydrogen (secondary N) is 1. The molecule has 0 radical (unpaired) electrons. The molecule has 0 aliphatic carbocycles. The second-order valence-corrected chi connectivity index (χ2v) is 8.63. The average Bonchev–Trinajstić information content (AvgIpc) is 2.50. The molecule has 154 valence electrons. The first-order valence-corrected chi connectivity index (χ1v) is 9.24. The summed E-state index contributed by atoms with van der Waals surface area (Å²) in [6.45, 7) is 11.1. The van der Waals surface area contributed by atoms with Gasteiger partial charge in [0.05, 0.1) is 6.54 Å². The molecule has 2 rings (SSSR count). The van der Waals surface area contributed by atoms with Crippen molar-refractivity contribution in [1.29, 1.82) is 0 Å². The minimum atomic E-state index is -4.08. The van der Waals surface area contributed by atoms with Gasteiger partial charge in [0.1, 0.15) is 0 Å². The topological polar surface area (TPSA) is 30.9 Å². The van der Waals surface area contributed by atoms with Crippen LogP contribution in [-0.4, -0.2) is 67.2 Å². The van der Waals surface area contributed by atoms with Gasteiger partial charge in [0.15, 0.2) is 5.96 Å². The fourth-order valence-electron chi connectivity index (χ4n) is 3.77. The zero-order valence-corrected chi connectivity index (χ0v) is 18.9. The molecule has 2 heterocycles. The molecule has 0 spiro atoms. The average molecular weight is 490 g/mol. The highest BCUT2D eigenvalue weighted by molar-refractivity contribution is 14.0. The lowest BCUT2D eigenvalue weighted by Gasteiger charge is -2.62. The highest BCUT2D eigenvalue weighted by atomic mass is 127. The molecule has 2 aliphatic rings. The Hall–Kier alpha value is -0.250. The van der Waals surface area contributed by atoms with Gasteiger partial charge in [0.25, 0.3) is 0 Å². The standard InChI is InChI=1S/C18H33F3N4.HI/c1-16(2)12-25(17(16,3)4)15(22-5)23-9-6-14-7-10-24(11-8-14)13-18(19,20)21;/h14H,6-13H2,1-5H3,(H,22,23);1H. The molecule has 1 N–H and O–H groups in total. The van der Waals surface area contributed by atoms with Crippen LogP contribution < -0.4 is 5.32 Å². The van der Waals surface area contributed by atoms with Crippen molar-refractivity contribution in [3.63, 3.8) is 0 Å². The van der Waals surface area contributed by atoms with Crippen LogP contribution in [0.4, 0.5) is 13.2 Å². The second-order valence-electron chi connectivity index (χ2n) is 8.63. The van der Waals surface area contributed by atoms with Gasteiger partial charge in [-0.25, -0.2) is 0 Å². The van der Waals surface area contributed by atoms with Gasteiger partial charge in [-0.3, -0.25) is 9.89 Å². The summed E-state index contributed by atoms with van der Waals surface area (Å²) in [4.78, 5) is 8.23. The summed E-state index contributed by atoms with van der Waals surface area (Å²) in [5.74, 6) is 1.43. The van der Waals surface area contributed by atoms with Crippen LogP contribution in [0.15, 0.2) is 4.99 Å². The number of alkyl halides is 3. The Morgan fingerprint density at radius 1 is 1.15 bits per heavy atom. The van der Waals surface area contributed by atoms with E-state index in [1.807, 2.05) is 0 Å². The van der Waals surface area contributed by atoms with Crippen molar-refractivity contribution in [2.45, 2.75) is 58.7 Å². The predicted octanol–water partition coefficient (Wildman–Crippen LogP) is 3.96. The maximum atomic E-state index is 12.4. The largest absolute Gasteiger partial charge is 0.401 e. The SMILES string of the molecule is CN=C(NCCC1CCN(CC(F)(F)F)CC1)N1CC(C)(C)C1(C)C.I. The summed E-state index contributed by atoms with van der Waals surface area (Å²) in [6, 6.07) is 0. The van der Waals surface area contributed by atoms with E-state index in [1.165, 1.54) is 4.90 Å². The van der Waals surface area contributed by atoms with Crippen molar-refractivity contribution in [2.75, 3.05) is 39.8 Å². The van der Waals surface area contributed by atoms with E-state index in [0.717, 1.165) is 38.3 Å². The Balaban J connectivity index is 0.00000338. The number of guanidine groups is 1. The molecule has 0 amide bonds. The zero-order chi connectivity index (χ0) is 18.9. The number of piperidine rings is 1. The van der Waals surface area contributed by atoms with Crippen molar-refractivity contribution in [1.82, 2.24) is 15.1 Å². The van der Waals surface area contributed by atoms with Gasteiger partial charge in [0, 0.05) is 31.1 Å². The van der Waals surface area contributed by atoms with Crippen LogP contribution in [-0.2, 0) is 0 Å². The summed E-state index contributed by atoms with van der Waals surface area (Å²) < 4.78 is 37.3. The molecule has 0 aromatic rings. The molecule has 2 saturated heterocycles. The number of aliphatic imine (C=N–C) groups is 1. The van der Waals surface area contributed by atoms with E-state index in [2.05, 4.69) is 42.9 Å². The Morgan fingerprint density at radius 2 is 1.73 bits per heavy atom. The fourth-order valence-corrected chi connectivity index (χ4v) is 3.77. The van der Waals surface area contributed by atoms with Gasteiger partial charge >= 0.3 is 6.18 Å². The molecule has 8 heteroatoms. The normalized spacial score (nSPS) is 24.0. The number of nitrogens with zero attached hydrogens (tertiary/aromatic N) is 3. The van der Waals surface area contributed by atoms with E-state index in [1.54, 1.807) is 7.05 Å². The van der Waals surface area contributed by atoms with Gasteiger partial charge in [0.2, 0.25) is 0 Å². The van der Waals surface area contributed by atoms with Crippen LogP contribution in [0.5, 0.6) is 0 Å². The molecule has 4 nitrogen and oxygen atoms in total. The minimum Gasteiger partial charge on any atom is -0.356 e. The van der Waals surface area contributed by atoms with E-state index < -0.39 is 12.7 Å². The first kappa shape index (κ1) is 23.8. The molecule has 0 bridgehead atoms. The first-order valence-electron chi connectivity index (χ1n) is 9.24. The highest BCUT2D eigenvalue weighted by Gasteiger charge is 2.53. The smallest absolute Gasteiger partial charge is 0.356 e. The number of rotatable bonds is 4. The maximum absolute atomic E-state index is 12.4. The molecule has 0 unspecified atom stereocenters. The van der Waals surface area contributed by atoms with Crippen molar-refractivity contribution in [3.05, 3.63) is 0 Å². The van der Waals surface area contributed by atoms with Crippen LogP contribution in [0.1, 0.15) is 47.0 Å². The van der Waals surface area contributed by atoms with E-state index >= 15 is 0 Å². The van der Waals surface area contributed by atoms with Crippen molar-refractivity contribution >= 4 is 29.9 Å². The van der Waals surface area contributed by atoms with Crippen molar-refractivity contribution in [3.8, 4) is 0 Å². The lowest BCUT2D eigenvalue weighted by molar-refractivity contribution is -0.148. The van der Waals surface area contributed by atoms with Gasteiger partial charge in [-0.1, -0.05) is 13.8 Å². The summed E-state index contributed by atoms with van der Waals surface area (Å²) in [6.07, 6.45) is -1.41. The lowest BCUT2D eigenvalue weighted by atomic mass is 9.65. The Labute approximate surface area is 173 Å². The maximum Gasteiger partial charge on any atom is 0.401 e. The van der Waals surface area contributed by atoms with Crippen LogP contribution in [0, 0.1) is 11.3 Å². The summed E-state index contributed by atoms with van der Waals surface area (Å²) in [5, 5.41) is 3.44. The van der Waals surface area contributed by atoms with Crippen LogP contribution in [0.25, 0.3) is 0 Å². The molecule has 2 fully saturated rings. The monoisotopic (exact) mass is 490 g/mol. The first-order chi connectivity index (χ1) is 11.5. The summed E-state index contributed by atoms with van der Waals surface area (Å²) in [5.41, 5.74) is 0.327. The van der Waals surface area contributed by atoms with Gasteiger partial charge in [-0.05, 0) is 52.1 Å². The van der Waals surface area contributed by atoms with Gasteiger partial charge in [-0.2, -0.15) is 13.2 Å². The van der Waals surface area contributed by atoms with E-state index in [9.17, 15) is 13.2 Å². The number of hydrogen-bond acceptors (Lipinski definition) is 2. The zero-order valence-electron chi connectivity index (χ0n) is 16.6. The number of hydrogen-bond donors (Lipinski definition) is 1. The molecule has 0 atom stereocenters. The second kappa shape index (κ2) is 8.84. The van der Waals surface area contributed by atoms with E-state index in [-0.39, 0.29) is 34.9 Å². The molecule has 26 heavy (non-hydrogen) atoms. The van der Waals surface area contributed by atoms with Crippen LogP contribution in [0.2, 0.25) is 0 Å². The van der Waals surface area contributed by atoms with Crippen molar-refractivity contribution in [2.24, 2.45) is 16.3 Å². The van der Waals surface area contributed by atoms with Crippen molar-refractivity contribution < 1.29 is 13.2 Å². The molecule has 0 aromatic carbocycles. The molecule has 0 saturated carbocycles. The minimum absolute atomic E-state index is 0. The molecular formula is C18H34F3IN4. The Bertz CT molecular complexity index is 483. The fraction of sp³-hybridized carbons (Fsp3) is 0.944. The lowest BCUT2D eigenvalue weighted by Crippen LogP contribution is -2.72. The quantitative estimate of drug-likeness (QED) is 0.368. The molecular weight excluding hydrogens is 456 g/mol. The summed E-state index contributed by atoms with van der Waals surface area (Å²) in [7, 11) is 1.80. The third kappa shape index (κ3) is 5.62. The number of likely N-dealkylation sites (tertiary alicyclic amines) is 2. The molecule has 0 aromatic heterocycles. The third-order valence-corrected chi connectivity index (χ3v) is 6.30. The number of halogens is 4. The molecule has 2 aliphatic heterocycles. The van der Waals surface area contributed by atoms with E-state index in [4.69, 9.17) is 0 Å². The van der Waals surface area contributed by atoms with Gasteiger partial charge in [-0.15, -0.1) is 24.0 Å². The Morgan fingerprint density at radius 3 is 2.15 bits per heavy atom. The Kier molecular flexibility index (Phi) is 8.08. The van der Waals surface area contributed by atoms with E-state index in [0.29, 0.717) is 19.0 Å². The predicted molar refractivity (Wildman–Crippen MR) is 111 cm³/mol. The van der Waals surface area contributed by atoms with Crippen LogP contribution in [0.3, 0.4) is 0 Å².